The monoisotopic (exact) mass is 371 g/mol. The van der Waals surface area contributed by atoms with Crippen LogP contribution in [0.3, 0.4) is 0 Å². The molecule has 0 saturated carbocycles. The molecule has 0 spiro atoms. The second kappa shape index (κ2) is 6.84. The number of nitrogens with one attached hydrogen (secondary N) is 1. The topological polar surface area (TPSA) is 12.0 Å². The highest BCUT2D eigenvalue weighted by Gasteiger charge is 2.13. The molecule has 0 aliphatic carbocycles. The van der Waals surface area contributed by atoms with E-state index in [0.717, 1.165) is 22.1 Å². The molecule has 0 heterocycles. The van der Waals surface area contributed by atoms with Gasteiger partial charge >= 0.3 is 0 Å². The van der Waals surface area contributed by atoms with Crippen LogP contribution in [0.2, 0.25) is 10.0 Å². The molecular weight excluding hydrogens is 357 g/mol. The van der Waals surface area contributed by atoms with E-state index in [2.05, 4.69) is 47.2 Å². The van der Waals surface area contributed by atoms with Crippen LogP contribution in [0.25, 0.3) is 0 Å². The van der Waals surface area contributed by atoms with Gasteiger partial charge in [0.1, 0.15) is 0 Å². The van der Waals surface area contributed by atoms with E-state index in [1.807, 2.05) is 18.2 Å². The fraction of sp³-hybridized carbons (Fsp3) is 0.250. The average molecular weight is 373 g/mol. The highest BCUT2D eigenvalue weighted by Crippen LogP contribution is 2.32. The zero-order valence-electron chi connectivity index (χ0n) is 11.4. The van der Waals surface area contributed by atoms with E-state index in [0.29, 0.717) is 10.0 Å². The first-order valence-electron chi connectivity index (χ1n) is 6.51. The summed E-state index contributed by atoms with van der Waals surface area (Å²) in [6.45, 7) is 4.23. The van der Waals surface area contributed by atoms with Gasteiger partial charge in [-0.1, -0.05) is 58.2 Å². The number of hydrogen-bond donors (Lipinski definition) is 1. The maximum absolute atomic E-state index is 6.27. The predicted molar refractivity (Wildman–Crippen MR) is 92.0 cm³/mol. The molecule has 106 valence electrons. The lowest BCUT2D eigenvalue weighted by Crippen LogP contribution is -2.09. The summed E-state index contributed by atoms with van der Waals surface area (Å²) in [4.78, 5) is 0. The number of anilines is 1. The largest absolute Gasteiger partial charge is 0.378 e. The zero-order chi connectivity index (χ0) is 14.7. The van der Waals surface area contributed by atoms with E-state index < -0.39 is 0 Å². The van der Waals surface area contributed by atoms with Crippen LogP contribution in [0, 0.1) is 0 Å². The number of halogens is 3. The number of hydrogen-bond acceptors (Lipinski definition) is 1. The fourth-order valence-corrected chi connectivity index (χ4v) is 3.04. The van der Waals surface area contributed by atoms with Crippen molar-refractivity contribution in [2.45, 2.75) is 26.3 Å². The third-order valence-corrected chi connectivity index (χ3v) is 4.59. The Balaban J connectivity index is 2.28. The van der Waals surface area contributed by atoms with Crippen LogP contribution < -0.4 is 5.32 Å². The molecule has 1 unspecified atom stereocenters. The molecule has 1 atom stereocenters. The van der Waals surface area contributed by atoms with Gasteiger partial charge in [0.25, 0.3) is 0 Å². The molecule has 2 aromatic rings. The number of rotatable bonds is 4. The van der Waals surface area contributed by atoms with Crippen molar-refractivity contribution in [2.24, 2.45) is 0 Å². The van der Waals surface area contributed by atoms with Crippen LogP contribution in [0.15, 0.2) is 40.9 Å². The fourth-order valence-electron chi connectivity index (χ4n) is 2.16. The van der Waals surface area contributed by atoms with Crippen molar-refractivity contribution < 1.29 is 0 Å². The van der Waals surface area contributed by atoms with Gasteiger partial charge in [0.05, 0.1) is 16.1 Å². The second-order valence-corrected chi connectivity index (χ2v) is 6.36. The summed E-state index contributed by atoms with van der Waals surface area (Å²) in [5.41, 5.74) is 3.40. The van der Waals surface area contributed by atoms with Crippen molar-refractivity contribution in [2.75, 3.05) is 5.32 Å². The first-order valence-corrected chi connectivity index (χ1v) is 8.06. The van der Waals surface area contributed by atoms with Gasteiger partial charge in [0.15, 0.2) is 0 Å². The maximum atomic E-state index is 6.27. The molecular formula is C16H16BrCl2N. The predicted octanol–water partition coefficient (Wildman–Crippen LogP) is 6.49. The van der Waals surface area contributed by atoms with Gasteiger partial charge in [0.2, 0.25) is 0 Å². The highest BCUT2D eigenvalue weighted by molar-refractivity contribution is 9.10. The van der Waals surface area contributed by atoms with Crippen LogP contribution in [0.1, 0.15) is 31.0 Å². The lowest BCUT2D eigenvalue weighted by atomic mass is 10.1. The Kier molecular flexibility index (Phi) is 5.36. The smallest absolute Gasteiger partial charge is 0.0644 e. The Labute approximate surface area is 138 Å². The molecule has 0 fully saturated rings. The van der Waals surface area contributed by atoms with Crippen molar-refractivity contribution in [3.8, 4) is 0 Å². The second-order valence-electron chi connectivity index (χ2n) is 4.66. The van der Waals surface area contributed by atoms with Crippen LogP contribution in [-0.2, 0) is 6.42 Å². The van der Waals surface area contributed by atoms with Crippen LogP contribution in [-0.4, -0.2) is 0 Å². The molecule has 0 aliphatic rings. The van der Waals surface area contributed by atoms with Crippen molar-refractivity contribution in [1.29, 1.82) is 0 Å². The quantitative estimate of drug-likeness (QED) is 0.646. The average Bonchev–Trinajstić information content (AvgIpc) is 2.43. The molecule has 1 nitrogen and oxygen atoms in total. The Hall–Kier alpha value is -0.700. The summed E-state index contributed by atoms with van der Waals surface area (Å²) >= 11 is 15.9. The lowest BCUT2D eigenvalue weighted by molar-refractivity contribution is 0.879. The molecule has 0 bridgehead atoms. The SMILES string of the molecule is CCc1cc(Br)ccc1NC(C)c1cccc(Cl)c1Cl. The van der Waals surface area contributed by atoms with Crippen LogP contribution in [0.5, 0.6) is 0 Å². The van der Waals surface area contributed by atoms with E-state index in [1.54, 1.807) is 6.07 Å². The van der Waals surface area contributed by atoms with E-state index in [1.165, 1.54) is 5.56 Å². The minimum atomic E-state index is 0.0904. The molecule has 20 heavy (non-hydrogen) atoms. The molecule has 4 heteroatoms. The third kappa shape index (κ3) is 3.49. The summed E-state index contributed by atoms with van der Waals surface area (Å²) in [6, 6.07) is 12.1. The van der Waals surface area contributed by atoms with Gasteiger partial charge < -0.3 is 5.32 Å². The minimum Gasteiger partial charge on any atom is -0.378 e. The third-order valence-electron chi connectivity index (χ3n) is 3.27. The van der Waals surface area contributed by atoms with Crippen molar-refractivity contribution in [3.05, 3.63) is 62.0 Å². The summed E-state index contributed by atoms with van der Waals surface area (Å²) in [6.07, 6.45) is 0.970. The summed E-state index contributed by atoms with van der Waals surface area (Å²) < 4.78 is 1.09. The first-order chi connectivity index (χ1) is 9.52. The van der Waals surface area contributed by atoms with Crippen molar-refractivity contribution in [1.82, 2.24) is 0 Å². The lowest BCUT2D eigenvalue weighted by Gasteiger charge is -2.20. The molecule has 0 radical (unpaired) electrons. The van der Waals surface area contributed by atoms with E-state index in [-0.39, 0.29) is 6.04 Å². The molecule has 0 saturated heterocycles. The number of benzene rings is 2. The Morgan fingerprint density at radius 2 is 1.95 bits per heavy atom. The Morgan fingerprint density at radius 1 is 1.20 bits per heavy atom. The highest BCUT2D eigenvalue weighted by atomic mass is 79.9. The summed E-state index contributed by atoms with van der Waals surface area (Å²) in [5, 5.41) is 4.71. The van der Waals surface area contributed by atoms with Gasteiger partial charge in [-0.15, -0.1) is 0 Å². The van der Waals surface area contributed by atoms with Gasteiger partial charge in [-0.25, -0.2) is 0 Å². The first kappa shape index (κ1) is 15.7. The molecule has 0 aliphatic heterocycles. The van der Waals surface area contributed by atoms with Gasteiger partial charge in [0, 0.05) is 10.2 Å². The number of aryl methyl sites for hydroxylation is 1. The van der Waals surface area contributed by atoms with Crippen molar-refractivity contribution in [3.63, 3.8) is 0 Å². The summed E-state index contributed by atoms with van der Waals surface area (Å²) in [5.74, 6) is 0. The molecule has 2 aromatic carbocycles. The zero-order valence-corrected chi connectivity index (χ0v) is 14.5. The standard InChI is InChI=1S/C16H16BrCl2N/c1-3-11-9-12(17)7-8-15(11)20-10(2)13-5-4-6-14(18)16(13)19/h4-10,20H,3H2,1-2H3. The molecule has 0 amide bonds. The normalized spacial score (nSPS) is 12.2. The van der Waals surface area contributed by atoms with E-state index in [4.69, 9.17) is 23.2 Å². The van der Waals surface area contributed by atoms with Gasteiger partial charge in [-0.3, -0.25) is 0 Å². The molecule has 2 rings (SSSR count). The van der Waals surface area contributed by atoms with E-state index in [9.17, 15) is 0 Å². The summed E-state index contributed by atoms with van der Waals surface area (Å²) in [7, 11) is 0. The van der Waals surface area contributed by atoms with Crippen molar-refractivity contribution >= 4 is 44.8 Å². The van der Waals surface area contributed by atoms with Gasteiger partial charge in [-0.2, -0.15) is 0 Å². The van der Waals surface area contributed by atoms with E-state index >= 15 is 0 Å². The maximum Gasteiger partial charge on any atom is 0.0644 e. The minimum absolute atomic E-state index is 0.0904. The Morgan fingerprint density at radius 3 is 2.65 bits per heavy atom. The van der Waals surface area contributed by atoms with Crippen LogP contribution >= 0.6 is 39.1 Å². The van der Waals surface area contributed by atoms with Gasteiger partial charge in [-0.05, 0) is 48.7 Å². The Bertz CT molecular complexity index is 613. The molecule has 1 N–H and O–H groups in total. The molecule has 0 aromatic heterocycles. The van der Waals surface area contributed by atoms with Crippen LogP contribution in [0.4, 0.5) is 5.69 Å².